The molecule has 0 unspecified atom stereocenters. The fraction of sp³-hybridized carbons (Fsp3) is 0.529. The summed E-state index contributed by atoms with van der Waals surface area (Å²) in [4.78, 5) is 26.5. The number of rotatable bonds is 2. The smallest absolute Gasteiger partial charge is 0.253 e. The minimum atomic E-state index is -0.232. The Hall–Kier alpha value is -1.26. The molecular weight excluding hydrogens is 335 g/mol. The SMILES string of the molecule is CC(C)(C)NC(=O)C1CCN(C(=O)c2ccc(Cl)c(Cl)c2)CC1. The summed E-state index contributed by atoms with van der Waals surface area (Å²) in [7, 11) is 0. The highest BCUT2D eigenvalue weighted by atomic mass is 35.5. The number of carbonyl (C=O) groups excluding carboxylic acids is 2. The lowest BCUT2D eigenvalue weighted by atomic mass is 9.94. The zero-order chi connectivity index (χ0) is 17.2. The Labute approximate surface area is 147 Å². The van der Waals surface area contributed by atoms with Gasteiger partial charge in [0, 0.05) is 30.1 Å². The maximum Gasteiger partial charge on any atom is 0.253 e. The van der Waals surface area contributed by atoms with E-state index in [1.807, 2.05) is 20.8 Å². The fourth-order valence-corrected chi connectivity index (χ4v) is 2.93. The van der Waals surface area contributed by atoms with E-state index in [1.165, 1.54) is 0 Å². The molecule has 0 spiro atoms. The van der Waals surface area contributed by atoms with E-state index in [0.29, 0.717) is 41.5 Å². The van der Waals surface area contributed by atoms with Crippen LogP contribution in [0, 0.1) is 5.92 Å². The first-order chi connectivity index (χ1) is 10.7. The van der Waals surface area contributed by atoms with Gasteiger partial charge in [-0.3, -0.25) is 9.59 Å². The van der Waals surface area contributed by atoms with Gasteiger partial charge < -0.3 is 10.2 Å². The molecule has 0 atom stereocenters. The van der Waals surface area contributed by atoms with Crippen molar-refractivity contribution in [1.29, 1.82) is 0 Å². The van der Waals surface area contributed by atoms with Crippen LogP contribution < -0.4 is 5.32 Å². The first kappa shape index (κ1) is 18.1. The van der Waals surface area contributed by atoms with Crippen LogP contribution in [0.15, 0.2) is 18.2 Å². The van der Waals surface area contributed by atoms with Crippen LogP contribution in [0.5, 0.6) is 0 Å². The third kappa shape index (κ3) is 4.85. The number of nitrogens with zero attached hydrogens (tertiary/aromatic N) is 1. The molecule has 1 heterocycles. The number of carbonyl (C=O) groups is 2. The van der Waals surface area contributed by atoms with Gasteiger partial charge >= 0.3 is 0 Å². The highest BCUT2D eigenvalue weighted by Crippen LogP contribution is 2.25. The summed E-state index contributed by atoms with van der Waals surface area (Å²) in [6, 6.07) is 4.89. The lowest BCUT2D eigenvalue weighted by Crippen LogP contribution is -2.47. The van der Waals surface area contributed by atoms with E-state index in [0.717, 1.165) is 0 Å². The maximum absolute atomic E-state index is 12.5. The van der Waals surface area contributed by atoms with Gasteiger partial charge in [-0.05, 0) is 51.8 Å². The molecule has 1 aliphatic rings. The number of amides is 2. The Bertz CT molecular complexity index is 603. The monoisotopic (exact) mass is 356 g/mol. The molecule has 126 valence electrons. The number of piperidine rings is 1. The molecule has 0 saturated carbocycles. The number of likely N-dealkylation sites (tertiary alicyclic amines) is 1. The van der Waals surface area contributed by atoms with E-state index in [2.05, 4.69) is 5.32 Å². The molecule has 0 aromatic heterocycles. The van der Waals surface area contributed by atoms with E-state index in [1.54, 1.807) is 23.1 Å². The molecule has 1 aliphatic heterocycles. The Morgan fingerprint density at radius 3 is 2.26 bits per heavy atom. The average molecular weight is 357 g/mol. The van der Waals surface area contributed by atoms with Crippen LogP contribution in [-0.2, 0) is 4.79 Å². The second-order valence-electron chi connectivity index (χ2n) is 6.93. The second-order valence-corrected chi connectivity index (χ2v) is 7.75. The van der Waals surface area contributed by atoms with Gasteiger partial charge in [-0.25, -0.2) is 0 Å². The van der Waals surface area contributed by atoms with E-state index in [-0.39, 0.29) is 23.3 Å². The lowest BCUT2D eigenvalue weighted by Gasteiger charge is -2.33. The van der Waals surface area contributed by atoms with Gasteiger partial charge in [0.05, 0.1) is 10.0 Å². The first-order valence-corrected chi connectivity index (χ1v) is 8.49. The van der Waals surface area contributed by atoms with Crippen LogP contribution in [0.25, 0.3) is 0 Å². The van der Waals surface area contributed by atoms with Crippen molar-refractivity contribution in [3.63, 3.8) is 0 Å². The second kappa shape index (κ2) is 7.10. The zero-order valence-electron chi connectivity index (χ0n) is 13.7. The van der Waals surface area contributed by atoms with Crippen LogP contribution in [0.4, 0.5) is 0 Å². The van der Waals surface area contributed by atoms with E-state index >= 15 is 0 Å². The molecule has 4 nitrogen and oxygen atoms in total. The first-order valence-electron chi connectivity index (χ1n) is 7.74. The van der Waals surface area contributed by atoms with Crippen molar-refractivity contribution in [3.05, 3.63) is 33.8 Å². The van der Waals surface area contributed by atoms with Crippen molar-refractivity contribution in [3.8, 4) is 0 Å². The van der Waals surface area contributed by atoms with Gasteiger partial charge in [0.15, 0.2) is 0 Å². The molecule has 1 fully saturated rings. The van der Waals surface area contributed by atoms with Crippen molar-refractivity contribution < 1.29 is 9.59 Å². The predicted molar refractivity (Wildman–Crippen MR) is 93.0 cm³/mol. The number of hydrogen-bond acceptors (Lipinski definition) is 2. The summed E-state index contributed by atoms with van der Waals surface area (Å²) < 4.78 is 0. The van der Waals surface area contributed by atoms with Gasteiger partial charge in [-0.2, -0.15) is 0 Å². The van der Waals surface area contributed by atoms with Crippen LogP contribution in [0.3, 0.4) is 0 Å². The van der Waals surface area contributed by atoms with Crippen molar-refractivity contribution in [1.82, 2.24) is 10.2 Å². The molecule has 1 aromatic rings. The van der Waals surface area contributed by atoms with Gasteiger partial charge in [0.25, 0.3) is 5.91 Å². The molecule has 23 heavy (non-hydrogen) atoms. The van der Waals surface area contributed by atoms with E-state index in [9.17, 15) is 9.59 Å². The highest BCUT2D eigenvalue weighted by Gasteiger charge is 2.29. The third-order valence-corrected chi connectivity index (χ3v) is 4.56. The summed E-state index contributed by atoms with van der Waals surface area (Å²) in [6.45, 7) is 7.04. The summed E-state index contributed by atoms with van der Waals surface area (Å²) in [6.07, 6.45) is 1.35. The molecule has 0 radical (unpaired) electrons. The van der Waals surface area contributed by atoms with Gasteiger partial charge in [-0.1, -0.05) is 23.2 Å². The Morgan fingerprint density at radius 2 is 1.74 bits per heavy atom. The van der Waals surface area contributed by atoms with Crippen molar-refractivity contribution in [2.24, 2.45) is 5.92 Å². The quantitative estimate of drug-likeness (QED) is 0.876. The van der Waals surface area contributed by atoms with Crippen molar-refractivity contribution in [2.75, 3.05) is 13.1 Å². The highest BCUT2D eigenvalue weighted by molar-refractivity contribution is 6.42. The summed E-state index contributed by atoms with van der Waals surface area (Å²) in [5.74, 6) is -0.0375. The molecular formula is C17H22Cl2N2O2. The average Bonchev–Trinajstić information content (AvgIpc) is 2.48. The van der Waals surface area contributed by atoms with Crippen molar-refractivity contribution in [2.45, 2.75) is 39.2 Å². The Balaban J connectivity index is 1.94. The minimum absolute atomic E-state index is 0.0351. The maximum atomic E-state index is 12.5. The van der Waals surface area contributed by atoms with Gasteiger partial charge in [-0.15, -0.1) is 0 Å². The zero-order valence-corrected chi connectivity index (χ0v) is 15.2. The van der Waals surface area contributed by atoms with Crippen LogP contribution in [0.1, 0.15) is 44.0 Å². The third-order valence-electron chi connectivity index (χ3n) is 3.82. The summed E-state index contributed by atoms with van der Waals surface area (Å²) in [5, 5.41) is 3.81. The molecule has 6 heteroatoms. The van der Waals surface area contributed by atoms with Crippen LogP contribution in [0.2, 0.25) is 10.0 Å². The standard InChI is InChI=1S/C17H22Cl2N2O2/c1-17(2,3)20-15(22)11-6-8-21(9-7-11)16(23)12-4-5-13(18)14(19)10-12/h4-5,10-11H,6-9H2,1-3H3,(H,20,22). The number of benzene rings is 1. The predicted octanol–water partition coefficient (Wildman–Crippen LogP) is 3.76. The summed E-state index contributed by atoms with van der Waals surface area (Å²) in [5.41, 5.74) is 0.293. The number of hydrogen-bond donors (Lipinski definition) is 1. The van der Waals surface area contributed by atoms with E-state index in [4.69, 9.17) is 23.2 Å². The van der Waals surface area contributed by atoms with Gasteiger partial charge in [0.1, 0.15) is 0 Å². The molecule has 0 aliphatic carbocycles. The van der Waals surface area contributed by atoms with Gasteiger partial charge in [0.2, 0.25) is 5.91 Å². The van der Waals surface area contributed by atoms with Crippen LogP contribution >= 0.6 is 23.2 Å². The molecule has 2 rings (SSSR count). The number of halogens is 2. The minimum Gasteiger partial charge on any atom is -0.351 e. The topological polar surface area (TPSA) is 49.4 Å². The normalized spacial score (nSPS) is 16.3. The fourth-order valence-electron chi connectivity index (χ4n) is 2.63. The molecule has 1 saturated heterocycles. The molecule has 1 aromatic carbocycles. The Morgan fingerprint density at radius 1 is 1.13 bits per heavy atom. The number of nitrogens with one attached hydrogen (secondary N) is 1. The molecule has 1 N–H and O–H groups in total. The molecule has 0 bridgehead atoms. The largest absolute Gasteiger partial charge is 0.351 e. The lowest BCUT2D eigenvalue weighted by molar-refractivity contribution is -0.127. The Kier molecular flexibility index (Phi) is 5.58. The van der Waals surface area contributed by atoms with E-state index < -0.39 is 0 Å². The van der Waals surface area contributed by atoms with Crippen molar-refractivity contribution >= 4 is 35.0 Å². The van der Waals surface area contributed by atoms with Crippen LogP contribution in [-0.4, -0.2) is 35.3 Å². The summed E-state index contributed by atoms with van der Waals surface area (Å²) >= 11 is 11.8. The molecule has 2 amide bonds.